The summed E-state index contributed by atoms with van der Waals surface area (Å²) in [6.45, 7) is 0. The van der Waals surface area contributed by atoms with Crippen LogP contribution in [0, 0.1) is 48.4 Å². The van der Waals surface area contributed by atoms with E-state index in [1.807, 2.05) is 12.2 Å². The van der Waals surface area contributed by atoms with Crippen molar-refractivity contribution in [3.8, 4) is 48.4 Å². The fourth-order valence-corrected chi connectivity index (χ4v) is 3.06. The summed E-state index contributed by atoms with van der Waals surface area (Å²) in [4.78, 5) is 0. The van der Waals surface area contributed by atoms with Gasteiger partial charge in [0, 0.05) is 12.8 Å². The van der Waals surface area contributed by atoms with Crippen LogP contribution in [0.15, 0.2) is 24.3 Å². The van der Waals surface area contributed by atoms with Crippen LogP contribution in [-0.4, -0.2) is 44.8 Å². The van der Waals surface area contributed by atoms with E-state index in [4.69, 9.17) is 12.8 Å². The van der Waals surface area contributed by atoms with E-state index in [9.17, 15) is 20.4 Å². The van der Waals surface area contributed by atoms with Crippen LogP contribution in [0.2, 0.25) is 0 Å². The predicted molar refractivity (Wildman–Crippen MR) is 140 cm³/mol. The monoisotopic (exact) mass is 466 g/mol. The first-order valence-corrected chi connectivity index (χ1v) is 12.4. The summed E-state index contributed by atoms with van der Waals surface area (Å²) in [6, 6.07) is 0. The van der Waals surface area contributed by atoms with Crippen molar-refractivity contribution in [3.63, 3.8) is 0 Å². The predicted octanol–water partition coefficient (Wildman–Crippen LogP) is 4.28. The normalized spacial score (nSPS) is 14.3. The molecule has 0 unspecified atom stereocenters. The van der Waals surface area contributed by atoms with Crippen molar-refractivity contribution in [2.45, 2.75) is 114 Å². The molecule has 186 valence electrons. The van der Waals surface area contributed by atoms with Crippen LogP contribution in [0.25, 0.3) is 0 Å². The minimum Gasteiger partial charge on any atom is -0.380 e. The molecule has 0 saturated heterocycles. The third kappa shape index (κ3) is 22.7. The van der Waals surface area contributed by atoms with E-state index in [2.05, 4.69) is 35.5 Å². The molecule has 0 aliphatic heterocycles. The average Bonchev–Trinajstić information content (AvgIpc) is 2.84. The Morgan fingerprint density at radius 1 is 0.559 bits per heavy atom. The zero-order valence-corrected chi connectivity index (χ0v) is 20.5. The van der Waals surface area contributed by atoms with Gasteiger partial charge < -0.3 is 20.4 Å². The van der Waals surface area contributed by atoms with E-state index in [0.29, 0.717) is 12.8 Å². The third-order valence-electron chi connectivity index (χ3n) is 5.07. The summed E-state index contributed by atoms with van der Waals surface area (Å²) < 4.78 is 0. The van der Waals surface area contributed by atoms with Gasteiger partial charge in [-0.2, -0.15) is 0 Å². The van der Waals surface area contributed by atoms with Crippen molar-refractivity contribution < 1.29 is 20.4 Å². The summed E-state index contributed by atoms with van der Waals surface area (Å²) in [5.41, 5.74) is 0. The van der Waals surface area contributed by atoms with Crippen molar-refractivity contribution in [2.75, 3.05) is 0 Å². The zero-order valence-electron chi connectivity index (χ0n) is 20.5. The largest absolute Gasteiger partial charge is 0.380 e. The molecule has 0 amide bonds. The molecule has 0 rings (SSSR count). The SMILES string of the molecule is C#C[C@H](O)/C=C/CCCCCCC#C[C@H](O)CC[C@@H](O)C#CCCCCCC/C=C/[C@@H](O)C#C. The van der Waals surface area contributed by atoms with Gasteiger partial charge in [0.15, 0.2) is 0 Å². The van der Waals surface area contributed by atoms with Crippen molar-refractivity contribution >= 4 is 0 Å². The second-order valence-corrected chi connectivity index (χ2v) is 8.24. The molecule has 0 saturated carbocycles. The Kier molecular flexibility index (Phi) is 22.0. The molecule has 4 nitrogen and oxygen atoms in total. The second-order valence-electron chi connectivity index (χ2n) is 8.24. The minimum atomic E-state index is -0.785. The van der Waals surface area contributed by atoms with Crippen LogP contribution >= 0.6 is 0 Å². The number of terminal acetylenes is 2. The molecule has 0 spiro atoms. The first-order valence-electron chi connectivity index (χ1n) is 12.4. The Balaban J connectivity index is 3.67. The number of allylic oxidation sites excluding steroid dienone is 2. The van der Waals surface area contributed by atoms with E-state index in [0.717, 1.165) is 77.0 Å². The van der Waals surface area contributed by atoms with Crippen LogP contribution in [-0.2, 0) is 0 Å². The summed E-state index contributed by atoms with van der Waals surface area (Å²) >= 11 is 0. The molecular weight excluding hydrogens is 424 g/mol. The van der Waals surface area contributed by atoms with Gasteiger partial charge in [-0.25, -0.2) is 0 Å². The number of hydrogen-bond donors (Lipinski definition) is 4. The van der Waals surface area contributed by atoms with Crippen molar-refractivity contribution in [2.24, 2.45) is 0 Å². The van der Waals surface area contributed by atoms with E-state index >= 15 is 0 Å². The van der Waals surface area contributed by atoms with Crippen LogP contribution < -0.4 is 0 Å². The first-order chi connectivity index (χ1) is 16.5. The van der Waals surface area contributed by atoms with Gasteiger partial charge in [0.2, 0.25) is 0 Å². The van der Waals surface area contributed by atoms with Crippen LogP contribution in [0.5, 0.6) is 0 Å². The topological polar surface area (TPSA) is 80.9 Å². The number of unbranched alkanes of at least 4 members (excludes halogenated alkanes) is 10. The number of aliphatic hydroxyl groups is 4. The molecule has 0 heterocycles. The average molecular weight is 467 g/mol. The lowest BCUT2D eigenvalue weighted by Gasteiger charge is -2.05. The standard InChI is InChI=1S/C30H42O4/c1-3-27(31)21-17-13-9-5-7-11-15-19-23-29(33)25-26-30(34)24-20-16-12-8-6-10-14-18-22-28(32)4-2/h1-2,17-18,21-22,27-34H,5-16,25-26H2/b21-17+,22-18+/t27-,28-,29-,30-/m0/s1. The molecule has 0 aromatic carbocycles. The highest BCUT2D eigenvalue weighted by atomic mass is 16.3. The molecule has 4 N–H and O–H groups in total. The van der Waals surface area contributed by atoms with E-state index < -0.39 is 24.4 Å². The Morgan fingerprint density at radius 3 is 1.32 bits per heavy atom. The van der Waals surface area contributed by atoms with E-state index in [-0.39, 0.29) is 0 Å². The highest BCUT2D eigenvalue weighted by Crippen LogP contribution is 2.07. The third-order valence-corrected chi connectivity index (χ3v) is 5.07. The van der Waals surface area contributed by atoms with Gasteiger partial charge in [0.1, 0.15) is 24.4 Å². The van der Waals surface area contributed by atoms with Gasteiger partial charge in [-0.1, -0.05) is 61.5 Å². The Hall–Kier alpha value is -2.44. The van der Waals surface area contributed by atoms with Gasteiger partial charge in [0.05, 0.1) is 0 Å². The maximum atomic E-state index is 9.93. The quantitative estimate of drug-likeness (QED) is 0.147. The molecule has 0 aromatic heterocycles. The molecule has 0 bridgehead atoms. The smallest absolute Gasteiger partial charge is 0.133 e. The molecule has 0 radical (unpaired) electrons. The highest BCUT2D eigenvalue weighted by molar-refractivity contribution is 5.08. The first kappa shape index (κ1) is 31.6. The van der Waals surface area contributed by atoms with Crippen LogP contribution in [0.1, 0.15) is 89.9 Å². The number of hydrogen-bond acceptors (Lipinski definition) is 4. The van der Waals surface area contributed by atoms with Gasteiger partial charge in [-0.3, -0.25) is 0 Å². The lowest BCUT2D eigenvalue weighted by Crippen LogP contribution is -2.10. The fourth-order valence-electron chi connectivity index (χ4n) is 3.06. The summed E-state index contributed by atoms with van der Waals surface area (Å²) in [5.74, 6) is 16.2. The Bertz CT molecular complexity index is 694. The maximum absolute atomic E-state index is 9.93. The second kappa shape index (κ2) is 23.7. The van der Waals surface area contributed by atoms with Crippen molar-refractivity contribution in [1.29, 1.82) is 0 Å². The minimum absolute atomic E-state index is 0.417. The van der Waals surface area contributed by atoms with Gasteiger partial charge in [-0.15, -0.1) is 24.7 Å². The highest BCUT2D eigenvalue weighted by Gasteiger charge is 2.04. The summed E-state index contributed by atoms with van der Waals surface area (Å²) in [5, 5.41) is 38.3. The molecule has 0 fully saturated rings. The molecule has 4 atom stereocenters. The Labute approximate surface area is 207 Å². The van der Waals surface area contributed by atoms with Gasteiger partial charge in [-0.05, 0) is 63.5 Å². The maximum Gasteiger partial charge on any atom is 0.133 e. The van der Waals surface area contributed by atoms with Crippen molar-refractivity contribution in [1.82, 2.24) is 0 Å². The van der Waals surface area contributed by atoms with Crippen molar-refractivity contribution in [3.05, 3.63) is 24.3 Å². The Morgan fingerprint density at radius 2 is 0.941 bits per heavy atom. The summed E-state index contributed by atoms with van der Waals surface area (Å²) in [6.07, 6.45) is 26.9. The van der Waals surface area contributed by atoms with Gasteiger partial charge >= 0.3 is 0 Å². The molecule has 4 heteroatoms. The fraction of sp³-hybridized carbons (Fsp3) is 0.600. The van der Waals surface area contributed by atoms with E-state index in [1.165, 1.54) is 0 Å². The number of aliphatic hydroxyl groups excluding tert-OH is 4. The molecule has 0 aliphatic rings. The van der Waals surface area contributed by atoms with Crippen LogP contribution in [0.3, 0.4) is 0 Å². The lowest BCUT2D eigenvalue weighted by molar-refractivity contribution is 0.172. The zero-order chi connectivity index (χ0) is 25.3. The van der Waals surface area contributed by atoms with E-state index in [1.54, 1.807) is 12.2 Å². The number of rotatable bonds is 17. The van der Waals surface area contributed by atoms with Gasteiger partial charge in [0.25, 0.3) is 0 Å². The molecular formula is C30H42O4. The van der Waals surface area contributed by atoms with Crippen LogP contribution in [0.4, 0.5) is 0 Å². The molecule has 0 aliphatic carbocycles. The molecule has 34 heavy (non-hydrogen) atoms. The summed E-state index contributed by atoms with van der Waals surface area (Å²) in [7, 11) is 0. The molecule has 0 aromatic rings. The lowest BCUT2D eigenvalue weighted by atomic mass is 10.1.